The summed E-state index contributed by atoms with van der Waals surface area (Å²) in [7, 11) is 1.68. The maximum absolute atomic E-state index is 5.31. The van der Waals surface area contributed by atoms with Crippen LogP contribution in [0, 0.1) is 0 Å². The fraction of sp³-hybridized carbons (Fsp3) is 0.318. The maximum Gasteiger partial charge on any atom is 0.225 e. The Balaban J connectivity index is 1.57. The highest BCUT2D eigenvalue weighted by atomic mass is 16.5. The molecule has 144 valence electrons. The van der Waals surface area contributed by atoms with Gasteiger partial charge in [0.2, 0.25) is 5.95 Å². The van der Waals surface area contributed by atoms with Gasteiger partial charge in [0.05, 0.1) is 12.8 Å². The molecule has 0 radical (unpaired) electrons. The summed E-state index contributed by atoms with van der Waals surface area (Å²) in [5.41, 5.74) is 2.96. The number of methoxy groups -OCH3 is 1. The van der Waals surface area contributed by atoms with Crippen LogP contribution in [0.2, 0.25) is 0 Å². The lowest BCUT2D eigenvalue weighted by atomic mass is 10.2. The van der Waals surface area contributed by atoms with Crippen molar-refractivity contribution in [3.63, 3.8) is 0 Å². The van der Waals surface area contributed by atoms with Crippen LogP contribution in [-0.2, 0) is 6.54 Å². The second kappa shape index (κ2) is 8.69. The predicted molar refractivity (Wildman–Crippen MR) is 111 cm³/mol. The molecule has 4 rings (SSSR count). The summed E-state index contributed by atoms with van der Waals surface area (Å²) < 4.78 is 5.31. The van der Waals surface area contributed by atoms with E-state index in [2.05, 4.69) is 21.7 Å². The quantitative estimate of drug-likeness (QED) is 0.633. The van der Waals surface area contributed by atoms with E-state index < -0.39 is 0 Å². The van der Waals surface area contributed by atoms with Crippen LogP contribution in [0.3, 0.4) is 0 Å². The summed E-state index contributed by atoms with van der Waals surface area (Å²) in [5, 5.41) is 6.93. The third kappa shape index (κ3) is 4.57. The molecule has 2 aromatic heterocycles. The molecule has 0 saturated heterocycles. The number of pyridine rings is 1. The minimum Gasteiger partial charge on any atom is -0.497 e. The Kier molecular flexibility index (Phi) is 5.66. The smallest absolute Gasteiger partial charge is 0.225 e. The second-order valence-corrected chi connectivity index (χ2v) is 7.03. The molecule has 0 aliphatic heterocycles. The zero-order valence-electron chi connectivity index (χ0n) is 16.1. The molecule has 2 heterocycles. The van der Waals surface area contributed by atoms with Gasteiger partial charge in [0.15, 0.2) is 0 Å². The van der Waals surface area contributed by atoms with Crippen LogP contribution in [0.5, 0.6) is 5.75 Å². The average molecular weight is 375 g/mol. The first-order chi connectivity index (χ1) is 13.8. The highest BCUT2D eigenvalue weighted by Crippen LogP contribution is 2.25. The molecule has 0 spiro atoms. The van der Waals surface area contributed by atoms with Gasteiger partial charge in [-0.2, -0.15) is 4.98 Å². The molecule has 28 heavy (non-hydrogen) atoms. The van der Waals surface area contributed by atoms with Gasteiger partial charge in [-0.3, -0.25) is 4.98 Å². The minimum absolute atomic E-state index is 0.454. The van der Waals surface area contributed by atoms with E-state index in [9.17, 15) is 0 Å². The molecule has 1 saturated carbocycles. The fourth-order valence-corrected chi connectivity index (χ4v) is 3.49. The van der Waals surface area contributed by atoms with E-state index in [1.165, 1.54) is 25.7 Å². The number of benzene rings is 1. The van der Waals surface area contributed by atoms with E-state index in [1.807, 2.05) is 42.6 Å². The van der Waals surface area contributed by atoms with Crippen LogP contribution >= 0.6 is 0 Å². The molecule has 1 aliphatic carbocycles. The molecule has 0 bridgehead atoms. The van der Waals surface area contributed by atoms with Gasteiger partial charge in [0.1, 0.15) is 11.6 Å². The van der Waals surface area contributed by atoms with Crippen LogP contribution in [0.1, 0.15) is 31.2 Å². The van der Waals surface area contributed by atoms with Crippen molar-refractivity contribution in [2.75, 3.05) is 17.7 Å². The van der Waals surface area contributed by atoms with Crippen molar-refractivity contribution in [1.29, 1.82) is 0 Å². The Morgan fingerprint density at radius 1 is 1.07 bits per heavy atom. The third-order valence-electron chi connectivity index (χ3n) is 4.98. The average Bonchev–Trinajstić information content (AvgIpc) is 3.26. The Labute approximate surface area is 165 Å². The molecule has 1 aromatic carbocycles. The molecule has 1 fully saturated rings. The normalized spacial score (nSPS) is 14.0. The number of hydrogen-bond acceptors (Lipinski definition) is 6. The van der Waals surface area contributed by atoms with Crippen LogP contribution in [0.4, 0.5) is 11.8 Å². The second-order valence-electron chi connectivity index (χ2n) is 7.03. The molecule has 0 atom stereocenters. The van der Waals surface area contributed by atoms with Crippen molar-refractivity contribution in [3.8, 4) is 17.0 Å². The highest BCUT2D eigenvalue weighted by Gasteiger charge is 2.16. The Bertz CT molecular complexity index is 910. The zero-order chi connectivity index (χ0) is 19.2. The molecular weight excluding hydrogens is 350 g/mol. The number of aromatic nitrogens is 3. The van der Waals surface area contributed by atoms with E-state index in [0.29, 0.717) is 18.5 Å². The Hall–Kier alpha value is -3.15. The van der Waals surface area contributed by atoms with Gasteiger partial charge in [-0.05, 0) is 42.7 Å². The number of nitrogens with zero attached hydrogens (tertiary/aromatic N) is 3. The fourth-order valence-electron chi connectivity index (χ4n) is 3.49. The van der Waals surface area contributed by atoms with Crippen molar-refractivity contribution < 1.29 is 4.74 Å². The van der Waals surface area contributed by atoms with Crippen molar-refractivity contribution in [2.45, 2.75) is 38.3 Å². The van der Waals surface area contributed by atoms with E-state index >= 15 is 0 Å². The summed E-state index contributed by atoms with van der Waals surface area (Å²) >= 11 is 0. The van der Waals surface area contributed by atoms with Crippen molar-refractivity contribution in [1.82, 2.24) is 15.0 Å². The summed E-state index contributed by atoms with van der Waals surface area (Å²) in [4.78, 5) is 13.6. The first-order valence-corrected chi connectivity index (χ1v) is 9.73. The lowest BCUT2D eigenvalue weighted by molar-refractivity contribution is 0.414. The van der Waals surface area contributed by atoms with Crippen molar-refractivity contribution >= 4 is 11.8 Å². The van der Waals surface area contributed by atoms with E-state index in [1.54, 1.807) is 13.3 Å². The maximum atomic E-state index is 5.31. The lowest BCUT2D eigenvalue weighted by Crippen LogP contribution is -2.17. The first kappa shape index (κ1) is 18.2. The standard InChI is InChI=1S/C22H25N5O/c1-28-19-10-4-6-16(12-19)14-24-21-13-20(17-7-5-11-23-15-17)26-22(27-21)25-18-8-2-3-9-18/h4-7,10-13,15,18H,2-3,8-9,14H2,1H3,(H2,24,25,26,27). The highest BCUT2D eigenvalue weighted by molar-refractivity contribution is 5.63. The van der Waals surface area contributed by atoms with E-state index in [4.69, 9.17) is 14.7 Å². The van der Waals surface area contributed by atoms with Crippen molar-refractivity contribution in [2.24, 2.45) is 0 Å². The van der Waals surface area contributed by atoms with Gasteiger partial charge in [-0.25, -0.2) is 4.98 Å². The predicted octanol–water partition coefficient (Wildman–Crippen LogP) is 4.51. The molecule has 1 aliphatic rings. The van der Waals surface area contributed by atoms with Gasteiger partial charge in [0.25, 0.3) is 0 Å². The van der Waals surface area contributed by atoms with Crippen LogP contribution in [-0.4, -0.2) is 28.1 Å². The SMILES string of the molecule is COc1cccc(CNc2cc(-c3cccnc3)nc(NC3CCCC3)n2)c1. The molecule has 6 heteroatoms. The van der Waals surface area contributed by atoms with Crippen LogP contribution in [0.25, 0.3) is 11.3 Å². The first-order valence-electron chi connectivity index (χ1n) is 9.73. The van der Waals surface area contributed by atoms with Gasteiger partial charge < -0.3 is 15.4 Å². The minimum atomic E-state index is 0.454. The van der Waals surface area contributed by atoms with Gasteiger partial charge in [-0.1, -0.05) is 25.0 Å². The van der Waals surface area contributed by atoms with Gasteiger partial charge >= 0.3 is 0 Å². The Morgan fingerprint density at radius 3 is 2.75 bits per heavy atom. The Morgan fingerprint density at radius 2 is 1.96 bits per heavy atom. The molecule has 6 nitrogen and oxygen atoms in total. The lowest BCUT2D eigenvalue weighted by Gasteiger charge is -2.15. The third-order valence-corrected chi connectivity index (χ3v) is 4.98. The van der Waals surface area contributed by atoms with E-state index in [-0.39, 0.29) is 0 Å². The summed E-state index contributed by atoms with van der Waals surface area (Å²) in [6.07, 6.45) is 8.47. The monoisotopic (exact) mass is 375 g/mol. The topological polar surface area (TPSA) is 72.0 Å². The molecule has 2 N–H and O–H groups in total. The molecule has 0 amide bonds. The number of ether oxygens (including phenoxy) is 1. The summed E-state index contributed by atoms with van der Waals surface area (Å²) in [6.45, 7) is 0.656. The summed E-state index contributed by atoms with van der Waals surface area (Å²) in [6, 6.07) is 14.4. The van der Waals surface area contributed by atoms with Gasteiger partial charge in [-0.15, -0.1) is 0 Å². The van der Waals surface area contributed by atoms with Crippen molar-refractivity contribution in [3.05, 3.63) is 60.4 Å². The van der Waals surface area contributed by atoms with E-state index in [0.717, 1.165) is 28.4 Å². The number of rotatable bonds is 7. The van der Waals surface area contributed by atoms with Gasteiger partial charge in [0, 0.05) is 36.6 Å². The molecule has 0 unspecified atom stereocenters. The molecule has 3 aromatic rings. The molecular formula is C22H25N5O. The zero-order valence-corrected chi connectivity index (χ0v) is 16.1. The van der Waals surface area contributed by atoms with Crippen LogP contribution in [0.15, 0.2) is 54.9 Å². The largest absolute Gasteiger partial charge is 0.497 e. The van der Waals surface area contributed by atoms with Crippen LogP contribution < -0.4 is 15.4 Å². The number of hydrogen-bond donors (Lipinski definition) is 2. The summed E-state index contributed by atoms with van der Waals surface area (Å²) in [5.74, 6) is 2.31. The number of anilines is 2. The number of nitrogens with one attached hydrogen (secondary N) is 2.